The van der Waals surface area contributed by atoms with E-state index in [9.17, 15) is 4.79 Å². The van der Waals surface area contributed by atoms with E-state index in [0.717, 1.165) is 0 Å². The van der Waals surface area contributed by atoms with Gasteiger partial charge >= 0.3 is 0 Å². The Morgan fingerprint density at radius 1 is 1.21 bits per heavy atom. The lowest BCUT2D eigenvalue weighted by molar-refractivity contribution is 0.112. The van der Waals surface area contributed by atoms with Gasteiger partial charge < -0.3 is 14.2 Å². The van der Waals surface area contributed by atoms with Gasteiger partial charge in [0.25, 0.3) is 0 Å². The molecule has 0 unspecified atom stereocenters. The quantitative estimate of drug-likeness (QED) is 0.690. The number of hydrogen-bond acceptors (Lipinski definition) is 4. The van der Waals surface area contributed by atoms with E-state index >= 15 is 0 Å². The Labute approximate surface area is 86.6 Å². The second kappa shape index (κ2) is 4.50. The molecule has 0 atom stereocenters. The molecule has 0 aliphatic carbocycles. The lowest BCUT2D eigenvalue weighted by Crippen LogP contribution is -1.96. The maximum atomic E-state index is 10.7. The molecule has 0 fully saturated rings. The summed E-state index contributed by atoms with van der Waals surface area (Å²) in [5, 5.41) is 0. The zero-order valence-corrected chi connectivity index (χ0v) is 7.87. The average molecular weight is 199 g/mol. The minimum Gasteiger partial charge on any atom is -0.493 e. The fourth-order valence-electron chi connectivity index (χ4n) is 1.07. The molecule has 0 N–H and O–H groups in total. The fourth-order valence-corrected chi connectivity index (χ4v) is 1.07. The van der Waals surface area contributed by atoms with Crippen LogP contribution in [-0.4, -0.2) is 27.5 Å². The van der Waals surface area contributed by atoms with Crippen molar-refractivity contribution in [1.29, 1.82) is 0 Å². The standard InChI is InChI=1S/C10H12O4/c1-12-8-4-7(6-11)5-9(13-2)10(8)14-3/h4-6H,1-3H3/i3D3. The van der Waals surface area contributed by atoms with Gasteiger partial charge in [-0.25, -0.2) is 0 Å². The Morgan fingerprint density at radius 3 is 2.14 bits per heavy atom. The molecule has 1 aromatic rings. The highest BCUT2D eigenvalue weighted by Crippen LogP contribution is 2.37. The van der Waals surface area contributed by atoms with E-state index in [4.69, 9.17) is 18.3 Å². The molecule has 76 valence electrons. The summed E-state index contributed by atoms with van der Waals surface area (Å²) in [6, 6.07) is 2.74. The number of ether oxygens (including phenoxy) is 3. The Hall–Kier alpha value is -1.71. The lowest BCUT2D eigenvalue weighted by Gasteiger charge is -2.11. The molecule has 4 heteroatoms. The smallest absolute Gasteiger partial charge is 0.203 e. The average Bonchev–Trinajstić information content (AvgIpc) is 2.27. The summed E-state index contributed by atoms with van der Waals surface area (Å²) < 4.78 is 35.8. The summed E-state index contributed by atoms with van der Waals surface area (Å²) in [5.41, 5.74) is 0.302. The van der Waals surface area contributed by atoms with Crippen molar-refractivity contribution in [2.45, 2.75) is 0 Å². The van der Waals surface area contributed by atoms with Crippen LogP contribution in [0.2, 0.25) is 0 Å². The molecular formula is C10H12O4. The van der Waals surface area contributed by atoms with E-state index in [0.29, 0.717) is 11.8 Å². The van der Waals surface area contributed by atoms with Gasteiger partial charge in [-0.15, -0.1) is 0 Å². The first kappa shape index (κ1) is 6.70. The van der Waals surface area contributed by atoms with Crippen LogP contribution < -0.4 is 14.2 Å². The number of benzene rings is 1. The second-order valence-electron chi connectivity index (χ2n) is 2.47. The molecule has 0 saturated carbocycles. The third kappa shape index (κ3) is 1.79. The maximum absolute atomic E-state index is 10.7. The molecule has 14 heavy (non-hydrogen) atoms. The van der Waals surface area contributed by atoms with Gasteiger partial charge in [0.1, 0.15) is 6.29 Å². The molecule has 0 radical (unpaired) electrons. The van der Waals surface area contributed by atoms with Crippen LogP contribution in [0.15, 0.2) is 12.1 Å². The van der Waals surface area contributed by atoms with Crippen LogP contribution in [0.4, 0.5) is 0 Å². The second-order valence-corrected chi connectivity index (χ2v) is 2.47. The van der Waals surface area contributed by atoms with E-state index in [2.05, 4.69) is 0 Å². The highest BCUT2D eigenvalue weighted by Gasteiger charge is 2.12. The third-order valence-electron chi connectivity index (χ3n) is 1.72. The van der Waals surface area contributed by atoms with Crippen LogP contribution >= 0.6 is 0 Å². The summed E-state index contributed by atoms with van der Waals surface area (Å²) in [5.74, 6) is 0.200. The summed E-state index contributed by atoms with van der Waals surface area (Å²) >= 11 is 0. The van der Waals surface area contributed by atoms with Gasteiger partial charge in [0, 0.05) is 5.56 Å². The number of hydrogen-bond donors (Lipinski definition) is 0. The topological polar surface area (TPSA) is 44.8 Å². The van der Waals surface area contributed by atoms with Gasteiger partial charge in [-0.3, -0.25) is 4.79 Å². The number of rotatable bonds is 4. The van der Waals surface area contributed by atoms with Gasteiger partial charge in [-0.2, -0.15) is 0 Å². The first-order chi connectivity index (χ1) is 7.91. The zero-order chi connectivity index (χ0) is 13.1. The van der Waals surface area contributed by atoms with Crippen LogP contribution in [0.3, 0.4) is 0 Å². The van der Waals surface area contributed by atoms with Crippen molar-refractivity contribution < 1.29 is 23.1 Å². The summed E-state index contributed by atoms with van der Waals surface area (Å²) in [6.45, 7) is 0. The van der Waals surface area contributed by atoms with Crippen molar-refractivity contribution >= 4 is 6.29 Å². The molecule has 0 amide bonds. The number of aldehydes is 1. The van der Waals surface area contributed by atoms with Crippen molar-refractivity contribution in [3.8, 4) is 17.2 Å². The fraction of sp³-hybridized carbons (Fsp3) is 0.300. The molecule has 0 aromatic heterocycles. The van der Waals surface area contributed by atoms with Crippen LogP contribution in [0, 0.1) is 0 Å². The Morgan fingerprint density at radius 2 is 1.79 bits per heavy atom. The van der Waals surface area contributed by atoms with Crippen LogP contribution in [0.25, 0.3) is 0 Å². The predicted octanol–water partition coefficient (Wildman–Crippen LogP) is 1.52. The summed E-state index contributed by atoms with van der Waals surface area (Å²) in [7, 11) is 0.0642. The molecule has 4 nitrogen and oxygen atoms in total. The molecule has 0 spiro atoms. The van der Waals surface area contributed by atoms with Crippen LogP contribution in [0.1, 0.15) is 14.5 Å². The van der Waals surface area contributed by atoms with Gasteiger partial charge in [-0.05, 0) is 12.1 Å². The third-order valence-corrected chi connectivity index (χ3v) is 1.72. The van der Waals surface area contributed by atoms with Gasteiger partial charge in [0.05, 0.1) is 25.4 Å². The Kier molecular flexibility index (Phi) is 2.16. The molecule has 0 aliphatic heterocycles. The Bertz CT molecular complexity index is 389. The SMILES string of the molecule is [2H]C([2H])([2H])Oc1c(OC)cc(C=O)cc1OC. The van der Waals surface area contributed by atoms with E-state index < -0.39 is 7.04 Å². The van der Waals surface area contributed by atoms with Crippen molar-refractivity contribution in [3.05, 3.63) is 17.7 Å². The van der Waals surface area contributed by atoms with E-state index in [1.54, 1.807) is 0 Å². The molecule has 0 heterocycles. The lowest BCUT2D eigenvalue weighted by atomic mass is 10.2. The monoisotopic (exact) mass is 199 g/mol. The van der Waals surface area contributed by atoms with Crippen molar-refractivity contribution in [3.63, 3.8) is 0 Å². The molecular weight excluding hydrogens is 184 g/mol. The molecule has 1 aromatic carbocycles. The first-order valence-corrected chi connectivity index (χ1v) is 3.81. The van der Waals surface area contributed by atoms with E-state index in [1.165, 1.54) is 26.4 Å². The maximum Gasteiger partial charge on any atom is 0.203 e. The highest BCUT2D eigenvalue weighted by atomic mass is 16.5. The van der Waals surface area contributed by atoms with E-state index in [-0.39, 0.29) is 17.2 Å². The van der Waals surface area contributed by atoms with Crippen molar-refractivity contribution in [2.75, 3.05) is 21.3 Å². The first-order valence-electron chi connectivity index (χ1n) is 5.31. The largest absolute Gasteiger partial charge is 0.493 e. The van der Waals surface area contributed by atoms with Gasteiger partial charge in [-0.1, -0.05) is 0 Å². The van der Waals surface area contributed by atoms with Gasteiger partial charge in [0.2, 0.25) is 5.75 Å². The molecule has 0 aliphatic rings. The van der Waals surface area contributed by atoms with Crippen molar-refractivity contribution in [2.24, 2.45) is 0 Å². The zero-order valence-electron chi connectivity index (χ0n) is 10.9. The molecule has 0 saturated heterocycles. The van der Waals surface area contributed by atoms with Gasteiger partial charge in [0.15, 0.2) is 11.5 Å². The van der Waals surface area contributed by atoms with Crippen LogP contribution in [-0.2, 0) is 0 Å². The minimum absolute atomic E-state index is 0.0550. The Balaban J connectivity index is 3.29. The molecule has 1 rings (SSSR count). The number of carbonyl (C=O) groups excluding carboxylic acids is 1. The van der Waals surface area contributed by atoms with Crippen molar-refractivity contribution in [1.82, 2.24) is 0 Å². The minimum atomic E-state index is -2.62. The number of methoxy groups -OCH3 is 3. The molecule has 0 bridgehead atoms. The normalized spacial score (nSPS) is 13.4. The van der Waals surface area contributed by atoms with E-state index in [1.807, 2.05) is 0 Å². The van der Waals surface area contributed by atoms with Crippen LogP contribution in [0.5, 0.6) is 17.2 Å². The highest BCUT2D eigenvalue weighted by molar-refractivity contribution is 5.78. The number of carbonyl (C=O) groups is 1. The predicted molar refractivity (Wildman–Crippen MR) is 51.5 cm³/mol. The summed E-state index contributed by atoms with van der Waals surface area (Å²) in [4.78, 5) is 10.7. The summed E-state index contributed by atoms with van der Waals surface area (Å²) in [6.07, 6.45) is 0.601.